The van der Waals surface area contributed by atoms with Crippen molar-refractivity contribution in [2.75, 3.05) is 0 Å². The zero-order valence-corrected chi connectivity index (χ0v) is 32.2. The van der Waals surface area contributed by atoms with Crippen LogP contribution in [0.1, 0.15) is 0 Å². The van der Waals surface area contributed by atoms with Gasteiger partial charge in [0.05, 0.1) is 17.2 Å². The predicted molar refractivity (Wildman–Crippen MR) is 250 cm³/mol. The van der Waals surface area contributed by atoms with Crippen LogP contribution in [0.25, 0.3) is 115 Å². The Labute approximate surface area is 341 Å². The van der Waals surface area contributed by atoms with Crippen LogP contribution in [-0.2, 0) is 0 Å². The Morgan fingerprint density at radius 3 is 1.39 bits per heavy atom. The second-order valence-electron chi connectivity index (χ2n) is 15.5. The number of fused-ring (bicyclic) bond motifs is 7. The number of aromatic nitrogens is 2. The van der Waals surface area contributed by atoms with E-state index in [4.69, 9.17) is 0 Å². The monoisotopic (exact) mass is 748 g/mol. The highest BCUT2D eigenvalue weighted by atomic mass is 15.0. The smallest absolute Gasteiger partial charge is 0.0724 e. The van der Waals surface area contributed by atoms with Crippen molar-refractivity contribution in [1.82, 2.24) is 9.55 Å². The van der Waals surface area contributed by atoms with E-state index in [0.29, 0.717) is 0 Å². The summed E-state index contributed by atoms with van der Waals surface area (Å²) in [7, 11) is 0. The van der Waals surface area contributed by atoms with Gasteiger partial charge >= 0.3 is 0 Å². The molecule has 0 N–H and O–H groups in total. The molecule has 0 aliphatic carbocycles. The third-order valence-electron chi connectivity index (χ3n) is 12.3. The van der Waals surface area contributed by atoms with Gasteiger partial charge in [-0.1, -0.05) is 164 Å². The van der Waals surface area contributed by atoms with Gasteiger partial charge in [0.15, 0.2) is 0 Å². The van der Waals surface area contributed by atoms with Gasteiger partial charge in [0.2, 0.25) is 0 Å². The Hall–Kier alpha value is -7.81. The Morgan fingerprint density at radius 2 is 0.746 bits per heavy atom. The standard InChI is InChI=1S/C57H36N2/c1-3-11-42-33-45(23-21-37(42)9-1)56-50-14-5-6-15-51(50)57(46-24-22-38-10-2-4-12-43(38)34-46)53-35-44(27-30-52(53)56)41-19-17-39(18-20-41)40-25-28-47(29-26-40)59-54-16-8-7-13-48(54)49-31-32-58-36-55(49)59/h1-36H. The first-order valence-corrected chi connectivity index (χ1v) is 20.3. The SMILES string of the molecule is c1ccc2cc(-c3c4ccccc4c(-c4ccc5ccccc5c4)c4cc(-c5ccc(-c6ccc(-n7c8ccccc8c8ccncc87)cc6)cc5)ccc34)ccc2c1. The highest BCUT2D eigenvalue weighted by Crippen LogP contribution is 2.46. The molecule has 0 radical (unpaired) electrons. The molecule has 0 spiro atoms. The molecule has 2 aromatic heterocycles. The van der Waals surface area contributed by atoms with Crippen molar-refractivity contribution in [3.8, 4) is 50.2 Å². The van der Waals surface area contributed by atoms with Gasteiger partial charge in [-0.3, -0.25) is 4.98 Å². The van der Waals surface area contributed by atoms with E-state index in [0.717, 1.165) is 11.2 Å². The van der Waals surface area contributed by atoms with Crippen molar-refractivity contribution in [2.24, 2.45) is 0 Å². The summed E-state index contributed by atoms with van der Waals surface area (Å²) < 4.78 is 2.31. The Balaban J connectivity index is 0.988. The highest BCUT2D eigenvalue weighted by molar-refractivity contribution is 6.22. The fourth-order valence-corrected chi connectivity index (χ4v) is 9.42. The van der Waals surface area contributed by atoms with Crippen molar-refractivity contribution < 1.29 is 0 Å². The lowest BCUT2D eigenvalue weighted by Gasteiger charge is -2.19. The molecule has 10 aromatic carbocycles. The summed E-state index contributed by atoms with van der Waals surface area (Å²) in [6, 6.07) is 75.8. The number of pyridine rings is 1. The van der Waals surface area contributed by atoms with Gasteiger partial charge in [-0.05, 0) is 130 Å². The van der Waals surface area contributed by atoms with Gasteiger partial charge in [-0.2, -0.15) is 0 Å². The maximum absolute atomic E-state index is 4.46. The first-order chi connectivity index (χ1) is 29.2. The van der Waals surface area contributed by atoms with E-state index in [1.807, 2.05) is 12.4 Å². The van der Waals surface area contributed by atoms with Crippen LogP contribution >= 0.6 is 0 Å². The van der Waals surface area contributed by atoms with E-state index < -0.39 is 0 Å². The van der Waals surface area contributed by atoms with Crippen LogP contribution in [0.2, 0.25) is 0 Å². The lowest BCUT2D eigenvalue weighted by Crippen LogP contribution is -1.94. The molecule has 2 heteroatoms. The first kappa shape index (κ1) is 33.3. The molecule has 0 saturated carbocycles. The van der Waals surface area contributed by atoms with Gasteiger partial charge in [-0.25, -0.2) is 0 Å². The minimum Gasteiger partial charge on any atom is -0.308 e. The molecule has 0 bridgehead atoms. The summed E-state index contributed by atoms with van der Waals surface area (Å²) in [5, 5.41) is 12.5. The molecular formula is C57H36N2. The predicted octanol–water partition coefficient (Wildman–Crippen LogP) is 15.5. The minimum atomic E-state index is 1.11. The van der Waals surface area contributed by atoms with Gasteiger partial charge in [0.1, 0.15) is 0 Å². The molecule has 0 fully saturated rings. The van der Waals surface area contributed by atoms with Crippen LogP contribution in [0.15, 0.2) is 219 Å². The van der Waals surface area contributed by atoms with E-state index in [1.54, 1.807) is 0 Å². The van der Waals surface area contributed by atoms with Crippen LogP contribution in [0.4, 0.5) is 0 Å². The topological polar surface area (TPSA) is 17.8 Å². The summed E-state index contributed by atoms with van der Waals surface area (Å²) >= 11 is 0. The van der Waals surface area contributed by atoms with Gasteiger partial charge in [-0.15, -0.1) is 0 Å². The van der Waals surface area contributed by atoms with Crippen molar-refractivity contribution in [1.29, 1.82) is 0 Å². The van der Waals surface area contributed by atoms with Crippen molar-refractivity contribution in [2.45, 2.75) is 0 Å². The Kier molecular flexibility index (Phi) is 7.57. The van der Waals surface area contributed by atoms with Crippen molar-refractivity contribution in [3.63, 3.8) is 0 Å². The molecule has 59 heavy (non-hydrogen) atoms. The number of hydrogen-bond donors (Lipinski definition) is 0. The van der Waals surface area contributed by atoms with Crippen molar-refractivity contribution in [3.05, 3.63) is 219 Å². The second kappa shape index (κ2) is 13.4. The quantitative estimate of drug-likeness (QED) is 0.160. The Morgan fingerprint density at radius 1 is 0.288 bits per heavy atom. The number of benzene rings is 10. The minimum absolute atomic E-state index is 1.11. The molecule has 0 amide bonds. The number of rotatable bonds is 5. The molecule has 274 valence electrons. The molecular weight excluding hydrogens is 713 g/mol. The second-order valence-corrected chi connectivity index (χ2v) is 15.5. The molecule has 2 nitrogen and oxygen atoms in total. The maximum Gasteiger partial charge on any atom is 0.0724 e. The molecule has 0 aliphatic rings. The van der Waals surface area contributed by atoms with Crippen LogP contribution in [-0.4, -0.2) is 9.55 Å². The highest BCUT2D eigenvalue weighted by Gasteiger charge is 2.19. The summed E-state index contributed by atoms with van der Waals surface area (Å²) in [6.07, 6.45) is 3.84. The molecule has 0 aliphatic heterocycles. The lowest BCUT2D eigenvalue weighted by molar-refractivity contribution is 1.17. The van der Waals surface area contributed by atoms with Gasteiger partial charge < -0.3 is 4.57 Å². The van der Waals surface area contributed by atoms with Gasteiger partial charge in [0, 0.05) is 22.7 Å². The molecule has 0 unspecified atom stereocenters. The summed E-state index contributed by atoms with van der Waals surface area (Å²) in [4.78, 5) is 4.46. The fraction of sp³-hybridized carbons (Fsp3) is 0. The zero-order valence-electron chi connectivity index (χ0n) is 32.2. The van der Waals surface area contributed by atoms with E-state index in [-0.39, 0.29) is 0 Å². The van der Waals surface area contributed by atoms with E-state index in [2.05, 4.69) is 216 Å². The van der Waals surface area contributed by atoms with Crippen LogP contribution < -0.4 is 0 Å². The number of nitrogens with zero attached hydrogens (tertiary/aromatic N) is 2. The zero-order chi connectivity index (χ0) is 38.9. The molecule has 0 saturated heterocycles. The van der Waals surface area contributed by atoms with E-state index in [1.165, 1.54) is 104 Å². The summed E-state index contributed by atoms with van der Waals surface area (Å²) in [5.41, 5.74) is 13.2. The molecule has 12 aromatic rings. The normalized spacial score (nSPS) is 11.7. The van der Waals surface area contributed by atoms with Crippen LogP contribution in [0.5, 0.6) is 0 Å². The first-order valence-electron chi connectivity index (χ1n) is 20.3. The molecule has 2 heterocycles. The largest absolute Gasteiger partial charge is 0.308 e. The third-order valence-corrected chi connectivity index (χ3v) is 12.3. The maximum atomic E-state index is 4.46. The lowest BCUT2D eigenvalue weighted by atomic mass is 9.84. The average molecular weight is 749 g/mol. The third kappa shape index (κ3) is 5.45. The summed E-state index contributed by atoms with van der Waals surface area (Å²) in [6.45, 7) is 0. The molecule has 0 atom stereocenters. The fourth-order valence-electron chi connectivity index (χ4n) is 9.42. The van der Waals surface area contributed by atoms with E-state index >= 15 is 0 Å². The van der Waals surface area contributed by atoms with Crippen LogP contribution in [0.3, 0.4) is 0 Å². The van der Waals surface area contributed by atoms with Gasteiger partial charge in [0.25, 0.3) is 0 Å². The van der Waals surface area contributed by atoms with Crippen molar-refractivity contribution >= 4 is 64.9 Å². The Bertz CT molecular complexity index is 3540. The average Bonchev–Trinajstić information content (AvgIpc) is 3.65. The number of para-hydroxylation sites is 1. The van der Waals surface area contributed by atoms with Crippen LogP contribution in [0, 0.1) is 0 Å². The molecule has 12 rings (SSSR count). The number of hydrogen-bond acceptors (Lipinski definition) is 1. The summed E-state index contributed by atoms with van der Waals surface area (Å²) in [5.74, 6) is 0. The van der Waals surface area contributed by atoms with E-state index in [9.17, 15) is 0 Å².